The summed E-state index contributed by atoms with van der Waals surface area (Å²) in [6.07, 6.45) is 4.44. The first-order chi connectivity index (χ1) is 15.3. The summed E-state index contributed by atoms with van der Waals surface area (Å²) in [6.45, 7) is 4.66. The highest BCUT2D eigenvalue weighted by atomic mass is 32.2. The Morgan fingerprint density at radius 2 is 2.03 bits per heavy atom. The molecule has 9 heteroatoms. The molecule has 0 radical (unpaired) electrons. The molecule has 1 rings (SSSR count). The van der Waals surface area contributed by atoms with E-state index in [0.29, 0.717) is 23.8 Å². The van der Waals surface area contributed by atoms with Gasteiger partial charge in [-0.2, -0.15) is 29.5 Å². The number of carbonyl (C=O) groups is 2. The van der Waals surface area contributed by atoms with E-state index in [0.717, 1.165) is 23.5 Å². The molecular weight excluding hydrogens is 446 g/mol. The predicted molar refractivity (Wildman–Crippen MR) is 135 cm³/mol. The molecule has 0 heterocycles. The van der Waals surface area contributed by atoms with Gasteiger partial charge < -0.3 is 10.8 Å². The topological polar surface area (TPSA) is 105 Å². The van der Waals surface area contributed by atoms with Gasteiger partial charge in [0.25, 0.3) is 0 Å². The number of benzene rings is 1. The van der Waals surface area contributed by atoms with Crippen molar-refractivity contribution in [2.24, 2.45) is 11.7 Å². The van der Waals surface area contributed by atoms with Crippen LogP contribution in [0.1, 0.15) is 45.1 Å². The van der Waals surface area contributed by atoms with Gasteiger partial charge in [0.1, 0.15) is 0 Å². The maximum absolute atomic E-state index is 13.3. The minimum Gasteiger partial charge on any atom is -0.478 e. The molecule has 0 spiro atoms. The third-order valence-electron chi connectivity index (χ3n) is 5.48. The average molecular weight is 486 g/mol. The molecule has 0 aliphatic heterocycles. The number of thioether (sulfide) groups is 1. The number of carboxylic acids is 1. The first-order valence-electron chi connectivity index (χ1n) is 11.1. The summed E-state index contributed by atoms with van der Waals surface area (Å²) >= 11 is 5.71. The number of hydroxylamine groups is 2. The first kappa shape index (κ1) is 28.8. The van der Waals surface area contributed by atoms with Crippen LogP contribution in [-0.4, -0.2) is 64.7 Å². The van der Waals surface area contributed by atoms with Crippen molar-refractivity contribution in [3.8, 4) is 0 Å². The van der Waals surface area contributed by atoms with Crippen molar-refractivity contribution in [1.29, 1.82) is 0 Å². The van der Waals surface area contributed by atoms with Gasteiger partial charge in [-0.3, -0.25) is 14.9 Å². The third-order valence-corrected chi connectivity index (χ3v) is 6.57. The highest BCUT2D eigenvalue weighted by molar-refractivity contribution is 7.98. The highest BCUT2D eigenvalue weighted by Gasteiger charge is 2.47. The summed E-state index contributed by atoms with van der Waals surface area (Å²) < 4.78 is 0. The number of aliphatic carboxylic acids is 1. The first-order valence-corrected chi connectivity index (χ1v) is 13.2. The molecule has 0 aromatic heterocycles. The number of aryl methyl sites for hydroxylation is 1. The Morgan fingerprint density at radius 1 is 1.34 bits per heavy atom. The predicted octanol–water partition coefficient (Wildman–Crippen LogP) is 3.20. The molecule has 182 valence electrons. The SMILES string of the molecule is CC[C@H](C)CCON(C(=O)CCc1ccccc1)[C@@](CCSC)(NCC(N)CS)C(=O)O. The van der Waals surface area contributed by atoms with E-state index in [-0.39, 0.29) is 37.9 Å². The van der Waals surface area contributed by atoms with Crippen LogP contribution in [0.3, 0.4) is 0 Å². The standard InChI is InChI=1S/C23H39N3O4S2/c1-4-18(2)12-14-30-26(21(27)11-10-19-8-6-5-7-9-19)23(22(28)29,13-15-32-3)25-16-20(24)17-31/h5-9,18,20,25,31H,4,10-17,24H2,1-3H3,(H,28,29)/t18-,20?,23+/m0/s1. The molecule has 0 saturated heterocycles. The fourth-order valence-electron chi connectivity index (χ4n) is 3.09. The van der Waals surface area contributed by atoms with Gasteiger partial charge in [0.15, 0.2) is 0 Å². The number of hydrogen-bond donors (Lipinski definition) is 4. The van der Waals surface area contributed by atoms with Crippen molar-refractivity contribution < 1.29 is 19.5 Å². The fraction of sp³-hybridized carbons (Fsp3) is 0.652. The Bertz CT molecular complexity index is 680. The van der Waals surface area contributed by atoms with E-state index in [4.69, 9.17) is 10.6 Å². The van der Waals surface area contributed by atoms with Crippen LogP contribution in [0.4, 0.5) is 0 Å². The summed E-state index contributed by atoms with van der Waals surface area (Å²) in [6, 6.07) is 9.30. The number of hydrogen-bond acceptors (Lipinski definition) is 7. The van der Waals surface area contributed by atoms with Crippen LogP contribution >= 0.6 is 24.4 Å². The fourth-order valence-corrected chi connectivity index (χ4v) is 3.72. The van der Waals surface area contributed by atoms with Gasteiger partial charge in [-0.25, -0.2) is 4.79 Å². The Hall–Kier alpha value is -1.26. The summed E-state index contributed by atoms with van der Waals surface area (Å²) in [5.74, 6) is -0.190. The normalized spacial score (nSPS) is 15.0. The maximum Gasteiger partial charge on any atom is 0.347 e. The van der Waals surface area contributed by atoms with E-state index in [1.54, 1.807) is 0 Å². The van der Waals surface area contributed by atoms with Crippen molar-refractivity contribution in [2.75, 3.05) is 30.9 Å². The Labute approximate surface area is 202 Å². The smallest absolute Gasteiger partial charge is 0.347 e. The zero-order chi connectivity index (χ0) is 24.0. The van der Waals surface area contributed by atoms with E-state index in [1.807, 2.05) is 36.6 Å². The van der Waals surface area contributed by atoms with E-state index < -0.39 is 11.6 Å². The molecule has 1 unspecified atom stereocenters. The molecule has 0 aliphatic rings. The number of amides is 1. The Kier molecular flexibility index (Phi) is 14.0. The van der Waals surface area contributed by atoms with Gasteiger partial charge in [-0.1, -0.05) is 50.6 Å². The molecule has 1 aromatic carbocycles. The second-order valence-electron chi connectivity index (χ2n) is 8.04. The number of carboxylic acid groups (broad SMARTS) is 1. The molecule has 1 amide bonds. The summed E-state index contributed by atoms with van der Waals surface area (Å²) in [7, 11) is 0. The number of nitrogens with two attached hydrogens (primary N) is 1. The minimum absolute atomic E-state index is 0.141. The molecule has 0 aliphatic carbocycles. The zero-order valence-corrected chi connectivity index (χ0v) is 21.2. The highest BCUT2D eigenvalue weighted by Crippen LogP contribution is 2.23. The van der Waals surface area contributed by atoms with E-state index in [1.165, 1.54) is 11.8 Å². The molecule has 3 atom stereocenters. The second kappa shape index (κ2) is 15.6. The van der Waals surface area contributed by atoms with Gasteiger partial charge in [0, 0.05) is 31.2 Å². The van der Waals surface area contributed by atoms with Crippen LogP contribution in [0.25, 0.3) is 0 Å². The quantitative estimate of drug-likeness (QED) is 0.153. The number of rotatable bonds is 17. The maximum atomic E-state index is 13.3. The van der Waals surface area contributed by atoms with E-state index in [9.17, 15) is 14.7 Å². The van der Waals surface area contributed by atoms with Crippen LogP contribution < -0.4 is 11.1 Å². The van der Waals surface area contributed by atoms with Crippen LogP contribution in [0.2, 0.25) is 0 Å². The lowest BCUT2D eigenvalue weighted by Crippen LogP contribution is -2.67. The molecular formula is C23H39N3O4S2. The molecule has 32 heavy (non-hydrogen) atoms. The van der Waals surface area contributed by atoms with Crippen LogP contribution in [0.15, 0.2) is 30.3 Å². The van der Waals surface area contributed by atoms with Crippen molar-refractivity contribution in [3.05, 3.63) is 35.9 Å². The number of carbonyl (C=O) groups excluding carboxylic acids is 1. The summed E-state index contributed by atoms with van der Waals surface area (Å²) in [4.78, 5) is 31.9. The lowest BCUT2D eigenvalue weighted by molar-refractivity contribution is -0.236. The molecule has 7 nitrogen and oxygen atoms in total. The number of thiol groups is 1. The summed E-state index contributed by atoms with van der Waals surface area (Å²) in [5, 5.41) is 14.4. The zero-order valence-electron chi connectivity index (χ0n) is 19.5. The Morgan fingerprint density at radius 3 is 2.59 bits per heavy atom. The van der Waals surface area contributed by atoms with Crippen molar-refractivity contribution >= 4 is 36.3 Å². The van der Waals surface area contributed by atoms with Crippen LogP contribution in [0.5, 0.6) is 0 Å². The summed E-state index contributed by atoms with van der Waals surface area (Å²) in [5.41, 5.74) is 5.30. The van der Waals surface area contributed by atoms with E-state index >= 15 is 0 Å². The molecule has 1 aromatic rings. The lowest BCUT2D eigenvalue weighted by atomic mass is 10.0. The lowest BCUT2D eigenvalue weighted by Gasteiger charge is -2.40. The monoisotopic (exact) mass is 485 g/mol. The van der Waals surface area contributed by atoms with Gasteiger partial charge in [-0.05, 0) is 36.3 Å². The van der Waals surface area contributed by atoms with Gasteiger partial charge in [0.2, 0.25) is 11.6 Å². The Balaban J connectivity index is 3.17. The van der Waals surface area contributed by atoms with Crippen molar-refractivity contribution in [1.82, 2.24) is 10.4 Å². The minimum atomic E-state index is -1.70. The van der Waals surface area contributed by atoms with Crippen molar-refractivity contribution in [2.45, 2.75) is 57.7 Å². The largest absolute Gasteiger partial charge is 0.478 e. The number of nitrogens with one attached hydrogen (secondary N) is 1. The van der Waals surface area contributed by atoms with Gasteiger partial charge >= 0.3 is 5.97 Å². The van der Waals surface area contributed by atoms with Crippen LogP contribution in [0, 0.1) is 5.92 Å². The molecule has 4 N–H and O–H groups in total. The van der Waals surface area contributed by atoms with Crippen LogP contribution in [-0.2, 0) is 20.8 Å². The molecule has 0 saturated carbocycles. The average Bonchev–Trinajstić information content (AvgIpc) is 2.81. The third kappa shape index (κ3) is 9.31. The van der Waals surface area contributed by atoms with Gasteiger partial charge in [-0.15, -0.1) is 0 Å². The molecule has 0 bridgehead atoms. The number of nitrogens with zero attached hydrogens (tertiary/aromatic N) is 1. The van der Waals surface area contributed by atoms with Crippen molar-refractivity contribution in [3.63, 3.8) is 0 Å². The molecule has 0 fully saturated rings. The second-order valence-corrected chi connectivity index (χ2v) is 9.39. The van der Waals surface area contributed by atoms with E-state index in [2.05, 4.69) is 31.8 Å². The van der Waals surface area contributed by atoms with Gasteiger partial charge in [0.05, 0.1) is 6.61 Å².